The van der Waals surface area contributed by atoms with Crippen LogP contribution in [-0.4, -0.2) is 6.29 Å². The summed E-state index contributed by atoms with van der Waals surface area (Å²) in [5, 5.41) is 0. The molecule has 0 saturated heterocycles. The van der Waals surface area contributed by atoms with Gasteiger partial charge in [0.15, 0.2) is 0 Å². The maximum atomic E-state index is 10.00. The lowest BCUT2D eigenvalue weighted by Crippen LogP contribution is -1.63. The van der Waals surface area contributed by atoms with Gasteiger partial charge in [0.2, 0.25) is 0 Å². The molecule has 0 amide bonds. The monoisotopic (exact) mass is 228 g/mol. The summed E-state index contributed by atoms with van der Waals surface area (Å²) in [5.74, 6) is 0. The molecule has 0 heterocycles. The number of carbonyl (C=O) groups is 1. The Balaban J connectivity index is 3.72. The minimum atomic E-state index is 0.476. The summed E-state index contributed by atoms with van der Waals surface area (Å²) in [6, 6.07) is 0. The molecule has 1 heteroatoms. The highest BCUT2D eigenvalue weighted by atomic mass is 16.1. The van der Waals surface area contributed by atoms with Crippen molar-refractivity contribution in [2.75, 3.05) is 0 Å². The van der Waals surface area contributed by atoms with Crippen molar-refractivity contribution in [1.29, 1.82) is 0 Å². The fraction of sp³-hybridized carbons (Fsp3) is 0.188. The molecule has 0 aliphatic heterocycles. The van der Waals surface area contributed by atoms with E-state index in [1.807, 2.05) is 66.8 Å². The lowest BCUT2D eigenvalue weighted by atomic mass is 10.3. The Kier molecular flexibility index (Phi) is 12.5. The van der Waals surface area contributed by atoms with Crippen LogP contribution in [0.1, 0.15) is 19.8 Å². The summed E-state index contributed by atoms with van der Waals surface area (Å²) in [5.41, 5.74) is 0. The molecule has 0 aliphatic carbocycles. The van der Waals surface area contributed by atoms with E-state index in [4.69, 9.17) is 0 Å². The average molecular weight is 228 g/mol. The third-order valence-electron chi connectivity index (χ3n) is 1.74. The lowest BCUT2D eigenvalue weighted by Gasteiger charge is -1.76. The standard InChI is InChI=1S/C16H20O/c1-2-3-4-5-6-7-8-9-10-11-12-13-14-15-16-17/h3-14,16H,2,15H2,1H3. The highest BCUT2D eigenvalue weighted by Gasteiger charge is 1.67. The predicted octanol–water partition coefficient (Wildman–Crippen LogP) is 4.32. The molecule has 0 aromatic heterocycles. The van der Waals surface area contributed by atoms with Gasteiger partial charge in [0.1, 0.15) is 6.29 Å². The van der Waals surface area contributed by atoms with Crippen molar-refractivity contribution in [2.24, 2.45) is 0 Å². The van der Waals surface area contributed by atoms with E-state index in [-0.39, 0.29) is 0 Å². The van der Waals surface area contributed by atoms with Crippen LogP contribution in [0.4, 0.5) is 0 Å². The van der Waals surface area contributed by atoms with Gasteiger partial charge in [0.05, 0.1) is 0 Å². The van der Waals surface area contributed by atoms with Crippen molar-refractivity contribution in [3.05, 3.63) is 72.9 Å². The van der Waals surface area contributed by atoms with Crippen LogP contribution in [0.5, 0.6) is 0 Å². The number of hydrogen-bond donors (Lipinski definition) is 0. The van der Waals surface area contributed by atoms with E-state index in [1.165, 1.54) is 0 Å². The molecule has 0 bridgehead atoms. The molecular weight excluding hydrogens is 208 g/mol. The normalized spacial score (nSPS) is 13.5. The van der Waals surface area contributed by atoms with Crippen LogP contribution < -0.4 is 0 Å². The Hall–Kier alpha value is -1.89. The second-order valence-electron chi connectivity index (χ2n) is 3.21. The Bertz CT molecular complexity index is 339. The van der Waals surface area contributed by atoms with Gasteiger partial charge < -0.3 is 4.79 Å². The summed E-state index contributed by atoms with van der Waals surface area (Å²) in [6.45, 7) is 2.11. The fourth-order valence-corrected chi connectivity index (χ4v) is 0.941. The Morgan fingerprint density at radius 2 is 1.06 bits per heavy atom. The molecule has 1 nitrogen and oxygen atoms in total. The number of carbonyl (C=O) groups excluding carboxylic acids is 1. The van der Waals surface area contributed by atoms with Gasteiger partial charge in [-0.25, -0.2) is 0 Å². The Morgan fingerprint density at radius 1 is 0.647 bits per heavy atom. The zero-order valence-electron chi connectivity index (χ0n) is 10.3. The minimum Gasteiger partial charge on any atom is -0.303 e. The molecular formula is C16H20O. The van der Waals surface area contributed by atoms with Crippen molar-refractivity contribution < 1.29 is 4.79 Å². The molecule has 0 spiro atoms. The highest BCUT2D eigenvalue weighted by Crippen LogP contribution is 1.86. The summed E-state index contributed by atoms with van der Waals surface area (Å²) in [4.78, 5) is 10.00. The molecule has 90 valence electrons. The summed E-state index contributed by atoms with van der Waals surface area (Å²) in [6.07, 6.45) is 25.9. The average Bonchev–Trinajstić information content (AvgIpc) is 2.35. The van der Waals surface area contributed by atoms with E-state index in [9.17, 15) is 4.79 Å². The lowest BCUT2D eigenvalue weighted by molar-refractivity contribution is -0.107. The van der Waals surface area contributed by atoms with Gasteiger partial charge in [-0.05, 0) is 6.42 Å². The first-order chi connectivity index (χ1) is 8.41. The van der Waals surface area contributed by atoms with Crippen LogP contribution in [0, 0.1) is 0 Å². The second kappa shape index (κ2) is 14.1. The van der Waals surface area contributed by atoms with Gasteiger partial charge in [-0.1, -0.05) is 79.8 Å². The van der Waals surface area contributed by atoms with E-state index in [0.29, 0.717) is 6.42 Å². The van der Waals surface area contributed by atoms with Crippen LogP contribution >= 0.6 is 0 Å². The van der Waals surface area contributed by atoms with Crippen molar-refractivity contribution in [3.8, 4) is 0 Å². The zero-order valence-corrected chi connectivity index (χ0v) is 10.3. The Labute approximate surface area is 104 Å². The molecule has 0 rings (SSSR count). The zero-order chi connectivity index (χ0) is 12.6. The third-order valence-corrected chi connectivity index (χ3v) is 1.74. The topological polar surface area (TPSA) is 17.1 Å². The van der Waals surface area contributed by atoms with Gasteiger partial charge in [-0.15, -0.1) is 0 Å². The molecule has 0 aromatic rings. The minimum absolute atomic E-state index is 0.476. The van der Waals surface area contributed by atoms with Crippen LogP contribution in [-0.2, 0) is 4.79 Å². The molecule has 0 N–H and O–H groups in total. The van der Waals surface area contributed by atoms with Crippen LogP contribution in [0.15, 0.2) is 72.9 Å². The number of aldehydes is 1. The van der Waals surface area contributed by atoms with Crippen molar-refractivity contribution >= 4 is 6.29 Å². The Morgan fingerprint density at radius 3 is 1.47 bits per heavy atom. The molecule has 0 radical (unpaired) electrons. The van der Waals surface area contributed by atoms with E-state index >= 15 is 0 Å². The number of allylic oxidation sites excluding steroid dienone is 12. The molecule has 0 saturated carbocycles. The van der Waals surface area contributed by atoms with E-state index in [2.05, 4.69) is 13.0 Å². The first kappa shape index (κ1) is 15.1. The number of hydrogen-bond acceptors (Lipinski definition) is 1. The molecule has 0 atom stereocenters. The first-order valence-electron chi connectivity index (χ1n) is 5.83. The fourth-order valence-electron chi connectivity index (χ4n) is 0.941. The van der Waals surface area contributed by atoms with Gasteiger partial charge in [-0.3, -0.25) is 0 Å². The van der Waals surface area contributed by atoms with E-state index in [1.54, 1.807) is 0 Å². The number of rotatable bonds is 8. The summed E-state index contributed by atoms with van der Waals surface area (Å²) < 4.78 is 0. The van der Waals surface area contributed by atoms with Gasteiger partial charge in [-0.2, -0.15) is 0 Å². The summed E-state index contributed by atoms with van der Waals surface area (Å²) >= 11 is 0. The first-order valence-corrected chi connectivity index (χ1v) is 5.83. The predicted molar refractivity (Wildman–Crippen MR) is 75.8 cm³/mol. The maximum absolute atomic E-state index is 10.00. The van der Waals surface area contributed by atoms with Gasteiger partial charge in [0, 0.05) is 6.42 Å². The molecule has 17 heavy (non-hydrogen) atoms. The second-order valence-corrected chi connectivity index (χ2v) is 3.21. The SMILES string of the molecule is CCC=CC=CC=CC=CC=CC=CCC=O. The van der Waals surface area contributed by atoms with Crippen molar-refractivity contribution in [3.63, 3.8) is 0 Å². The maximum Gasteiger partial charge on any atom is 0.123 e. The van der Waals surface area contributed by atoms with E-state index < -0.39 is 0 Å². The largest absolute Gasteiger partial charge is 0.303 e. The van der Waals surface area contributed by atoms with Gasteiger partial charge in [0.25, 0.3) is 0 Å². The van der Waals surface area contributed by atoms with Crippen LogP contribution in [0.25, 0.3) is 0 Å². The quantitative estimate of drug-likeness (QED) is 0.446. The molecule has 0 aliphatic rings. The third kappa shape index (κ3) is 14.1. The van der Waals surface area contributed by atoms with Crippen LogP contribution in [0.2, 0.25) is 0 Å². The smallest absolute Gasteiger partial charge is 0.123 e. The molecule has 0 fully saturated rings. The summed E-state index contributed by atoms with van der Waals surface area (Å²) in [7, 11) is 0. The van der Waals surface area contributed by atoms with Crippen molar-refractivity contribution in [2.45, 2.75) is 19.8 Å². The highest BCUT2D eigenvalue weighted by molar-refractivity contribution is 5.52. The van der Waals surface area contributed by atoms with Crippen LogP contribution in [0.3, 0.4) is 0 Å². The molecule has 0 unspecified atom stereocenters. The van der Waals surface area contributed by atoms with E-state index in [0.717, 1.165) is 12.7 Å². The van der Waals surface area contributed by atoms with Gasteiger partial charge >= 0.3 is 0 Å². The van der Waals surface area contributed by atoms with Crippen molar-refractivity contribution in [1.82, 2.24) is 0 Å². The molecule has 0 aromatic carbocycles.